The van der Waals surface area contributed by atoms with Gasteiger partial charge in [0.25, 0.3) is 0 Å². The van der Waals surface area contributed by atoms with E-state index in [9.17, 15) is 9.59 Å². The van der Waals surface area contributed by atoms with Crippen LogP contribution in [0.3, 0.4) is 0 Å². The first-order valence-corrected chi connectivity index (χ1v) is 8.31. The molecule has 1 unspecified atom stereocenters. The summed E-state index contributed by atoms with van der Waals surface area (Å²) in [6.45, 7) is 3.66. The van der Waals surface area contributed by atoms with Crippen LogP contribution in [0.5, 0.6) is 0 Å². The Hall–Kier alpha value is -3.62. The minimum Gasteiger partial charge on any atom is -0.453 e. The van der Waals surface area contributed by atoms with Crippen LogP contribution in [0, 0.1) is 6.92 Å². The smallest absolute Gasteiger partial charge is 0.412 e. The second-order valence-electron chi connectivity index (χ2n) is 5.94. The van der Waals surface area contributed by atoms with Crippen LogP contribution in [0.25, 0.3) is 10.9 Å². The Bertz CT molecular complexity index is 970. The molecule has 0 aliphatic rings. The Balaban J connectivity index is 1.73. The van der Waals surface area contributed by atoms with E-state index >= 15 is 0 Å². The van der Waals surface area contributed by atoms with Crippen molar-refractivity contribution in [1.82, 2.24) is 20.5 Å². The van der Waals surface area contributed by atoms with Crippen LogP contribution < -0.4 is 16.0 Å². The zero-order valence-electron chi connectivity index (χ0n) is 15.2. The third-order valence-corrected chi connectivity index (χ3v) is 4.02. The SMILES string of the molecule is COC(=O)Nc1n[nH]c2cc(NC(=O)NC(C)c3ccccc3)nc(C)c12. The van der Waals surface area contributed by atoms with E-state index in [-0.39, 0.29) is 12.1 Å². The van der Waals surface area contributed by atoms with Gasteiger partial charge in [0.2, 0.25) is 0 Å². The van der Waals surface area contributed by atoms with Crippen molar-refractivity contribution in [2.24, 2.45) is 0 Å². The van der Waals surface area contributed by atoms with E-state index in [1.807, 2.05) is 37.3 Å². The largest absolute Gasteiger partial charge is 0.453 e. The first-order chi connectivity index (χ1) is 13.0. The minimum atomic E-state index is -0.626. The molecule has 0 fully saturated rings. The molecule has 0 spiro atoms. The zero-order chi connectivity index (χ0) is 19.4. The number of urea groups is 1. The molecular formula is C18H20N6O3. The standard InChI is InChI=1S/C18H20N6O3/c1-10(12-7-5-4-6-8-12)20-17(25)21-14-9-13-15(11(2)19-14)16(24-23-13)22-18(26)27-3/h4-10H,1-3H3,(H2,19,20,21,25)(H2,22,23,24,26). The molecule has 27 heavy (non-hydrogen) atoms. The molecule has 9 nitrogen and oxygen atoms in total. The number of aromatic amines is 1. The molecule has 3 amide bonds. The second-order valence-corrected chi connectivity index (χ2v) is 5.94. The summed E-state index contributed by atoms with van der Waals surface area (Å²) in [5.74, 6) is 0.682. The highest BCUT2D eigenvalue weighted by molar-refractivity contribution is 6.00. The lowest BCUT2D eigenvalue weighted by atomic mass is 10.1. The number of aromatic nitrogens is 3. The molecule has 0 bridgehead atoms. The van der Waals surface area contributed by atoms with E-state index in [1.54, 1.807) is 13.0 Å². The van der Waals surface area contributed by atoms with Crippen LogP contribution in [0.2, 0.25) is 0 Å². The third kappa shape index (κ3) is 4.14. The number of aryl methyl sites for hydroxylation is 1. The average molecular weight is 368 g/mol. The molecule has 2 heterocycles. The van der Waals surface area contributed by atoms with Gasteiger partial charge in [0.1, 0.15) is 5.82 Å². The Labute approximate surface area is 155 Å². The maximum atomic E-state index is 12.3. The summed E-state index contributed by atoms with van der Waals surface area (Å²) in [6, 6.07) is 10.8. The van der Waals surface area contributed by atoms with Gasteiger partial charge in [-0.1, -0.05) is 30.3 Å². The number of hydrogen-bond donors (Lipinski definition) is 4. The van der Waals surface area contributed by atoms with E-state index in [0.717, 1.165) is 5.56 Å². The number of amides is 3. The number of rotatable bonds is 4. The number of pyridine rings is 1. The molecule has 0 aliphatic heterocycles. The highest BCUT2D eigenvalue weighted by atomic mass is 16.5. The number of carbonyl (C=O) groups excluding carboxylic acids is 2. The van der Waals surface area contributed by atoms with Crippen LogP contribution >= 0.6 is 0 Å². The van der Waals surface area contributed by atoms with E-state index in [4.69, 9.17) is 0 Å². The zero-order valence-corrected chi connectivity index (χ0v) is 15.2. The maximum absolute atomic E-state index is 12.3. The van der Waals surface area contributed by atoms with Gasteiger partial charge in [-0.15, -0.1) is 0 Å². The molecule has 2 aromatic heterocycles. The number of H-pyrrole nitrogens is 1. The molecule has 0 saturated heterocycles. The summed E-state index contributed by atoms with van der Waals surface area (Å²) in [5, 5.41) is 15.6. The second kappa shape index (κ2) is 7.73. The van der Waals surface area contributed by atoms with Gasteiger partial charge in [-0.2, -0.15) is 5.10 Å². The van der Waals surface area contributed by atoms with E-state index in [1.165, 1.54) is 7.11 Å². The normalized spacial score (nSPS) is 11.7. The number of hydrogen-bond acceptors (Lipinski definition) is 5. The van der Waals surface area contributed by atoms with Crippen molar-refractivity contribution < 1.29 is 14.3 Å². The highest BCUT2D eigenvalue weighted by Crippen LogP contribution is 2.25. The van der Waals surface area contributed by atoms with Gasteiger partial charge < -0.3 is 10.1 Å². The number of fused-ring (bicyclic) bond motifs is 1. The number of nitrogens with zero attached hydrogens (tertiary/aromatic N) is 2. The van der Waals surface area contributed by atoms with E-state index in [2.05, 4.69) is 35.9 Å². The fourth-order valence-corrected chi connectivity index (χ4v) is 2.71. The van der Waals surface area contributed by atoms with Gasteiger partial charge in [-0.25, -0.2) is 14.6 Å². The monoisotopic (exact) mass is 368 g/mol. The van der Waals surface area contributed by atoms with Crippen molar-refractivity contribution in [1.29, 1.82) is 0 Å². The fraction of sp³-hybridized carbons (Fsp3) is 0.222. The highest BCUT2D eigenvalue weighted by Gasteiger charge is 2.15. The average Bonchev–Trinajstić information content (AvgIpc) is 3.05. The molecule has 3 rings (SSSR count). The van der Waals surface area contributed by atoms with Gasteiger partial charge in [0, 0.05) is 6.07 Å². The van der Waals surface area contributed by atoms with Crippen LogP contribution in [0.1, 0.15) is 24.2 Å². The molecule has 9 heteroatoms. The first-order valence-electron chi connectivity index (χ1n) is 8.31. The Morgan fingerprint density at radius 2 is 1.93 bits per heavy atom. The quantitative estimate of drug-likeness (QED) is 0.563. The predicted molar refractivity (Wildman–Crippen MR) is 102 cm³/mol. The molecule has 1 aromatic carbocycles. The maximum Gasteiger partial charge on any atom is 0.412 e. The topological polar surface area (TPSA) is 121 Å². The Morgan fingerprint density at radius 3 is 2.63 bits per heavy atom. The number of nitrogens with one attached hydrogen (secondary N) is 4. The van der Waals surface area contributed by atoms with Gasteiger partial charge >= 0.3 is 12.1 Å². The summed E-state index contributed by atoms with van der Waals surface area (Å²) < 4.78 is 4.57. The van der Waals surface area contributed by atoms with E-state index < -0.39 is 6.09 Å². The van der Waals surface area contributed by atoms with Gasteiger partial charge in [0.05, 0.1) is 29.7 Å². The third-order valence-electron chi connectivity index (χ3n) is 4.02. The van der Waals surface area contributed by atoms with Crippen LogP contribution in [0.15, 0.2) is 36.4 Å². The van der Waals surface area contributed by atoms with Crippen LogP contribution in [-0.2, 0) is 4.74 Å². The molecule has 0 radical (unpaired) electrons. The molecule has 4 N–H and O–H groups in total. The summed E-state index contributed by atoms with van der Waals surface area (Å²) in [4.78, 5) is 28.0. The molecule has 0 saturated carbocycles. The Morgan fingerprint density at radius 1 is 1.19 bits per heavy atom. The van der Waals surface area contributed by atoms with Gasteiger partial charge in [0.15, 0.2) is 5.82 Å². The van der Waals surface area contributed by atoms with Gasteiger partial charge in [-0.05, 0) is 19.4 Å². The molecule has 1 atom stereocenters. The lowest BCUT2D eigenvalue weighted by molar-refractivity contribution is 0.187. The number of benzene rings is 1. The van der Waals surface area contributed by atoms with E-state index in [0.29, 0.717) is 28.2 Å². The summed E-state index contributed by atoms with van der Waals surface area (Å²) in [5.41, 5.74) is 2.22. The van der Waals surface area contributed by atoms with Crippen molar-refractivity contribution in [2.75, 3.05) is 17.7 Å². The van der Waals surface area contributed by atoms with Crippen molar-refractivity contribution in [3.05, 3.63) is 47.7 Å². The van der Waals surface area contributed by atoms with Crippen molar-refractivity contribution >= 4 is 34.7 Å². The molecule has 0 aliphatic carbocycles. The molecular weight excluding hydrogens is 348 g/mol. The molecule has 3 aromatic rings. The van der Waals surface area contributed by atoms with Gasteiger partial charge in [-0.3, -0.25) is 15.7 Å². The lowest BCUT2D eigenvalue weighted by Gasteiger charge is -2.15. The van der Waals surface area contributed by atoms with Crippen LogP contribution in [-0.4, -0.2) is 34.4 Å². The van der Waals surface area contributed by atoms with Crippen LogP contribution in [0.4, 0.5) is 21.2 Å². The fourth-order valence-electron chi connectivity index (χ4n) is 2.71. The summed E-state index contributed by atoms with van der Waals surface area (Å²) in [6.07, 6.45) is -0.626. The number of ether oxygens (including phenoxy) is 1. The lowest BCUT2D eigenvalue weighted by Crippen LogP contribution is -2.31. The number of carbonyl (C=O) groups is 2. The number of methoxy groups -OCH3 is 1. The predicted octanol–water partition coefficient (Wildman–Crippen LogP) is 3.33. The first kappa shape index (κ1) is 18.2. The Kier molecular flexibility index (Phi) is 5.20. The minimum absolute atomic E-state index is 0.154. The number of anilines is 2. The molecule has 140 valence electrons. The summed E-state index contributed by atoms with van der Waals surface area (Å²) in [7, 11) is 1.27. The summed E-state index contributed by atoms with van der Waals surface area (Å²) >= 11 is 0. The van der Waals surface area contributed by atoms with Crippen molar-refractivity contribution in [3.8, 4) is 0 Å². The van der Waals surface area contributed by atoms with Crippen molar-refractivity contribution in [2.45, 2.75) is 19.9 Å². The van der Waals surface area contributed by atoms with Crippen molar-refractivity contribution in [3.63, 3.8) is 0 Å².